The monoisotopic (exact) mass is 221 g/mol. The molecule has 0 spiro atoms. The lowest BCUT2D eigenvalue weighted by Crippen LogP contribution is -2.35. The third-order valence-corrected chi connectivity index (χ3v) is 2.60. The standard InChI is InChI=1S/C11H15N3O2/c1-16-11-9(5-3-7-13-11)14-10(15)8-4-2-6-12-8/h3,5,7-8,12H,2,4,6H2,1H3,(H,14,15)/t8-/m0/s1. The van der Waals surface area contributed by atoms with Gasteiger partial charge in [-0.2, -0.15) is 0 Å². The Morgan fingerprint density at radius 2 is 2.56 bits per heavy atom. The van der Waals surface area contributed by atoms with Gasteiger partial charge in [0.05, 0.1) is 13.2 Å². The zero-order valence-corrected chi connectivity index (χ0v) is 9.19. The Morgan fingerprint density at radius 3 is 3.25 bits per heavy atom. The van der Waals surface area contributed by atoms with Crippen LogP contribution in [0.25, 0.3) is 0 Å². The summed E-state index contributed by atoms with van der Waals surface area (Å²) in [6.07, 6.45) is 3.55. The van der Waals surface area contributed by atoms with E-state index < -0.39 is 0 Å². The molecule has 1 amide bonds. The van der Waals surface area contributed by atoms with Crippen molar-refractivity contribution in [2.75, 3.05) is 19.0 Å². The van der Waals surface area contributed by atoms with Crippen LogP contribution in [0.2, 0.25) is 0 Å². The van der Waals surface area contributed by atoms with Gasteiger partial charge in [-0.1, -0.05) is 0 Å². The summed E-state index contributed by atoms with van der Waals surface area (Å²) in [5.74, 6) is 0.414. The van der Waals surface area contributed by atoms with Crippen LogP contribution in [-0.4, -0.2) is 30.6 Å². The van der Waals surface area contributed by atoms with Crippen molar-refractivity contribution in [3.8, 4) is 5.88 Å². The van der Waals surface area contributed by atoms with Gasteiger partial charge in [-0.15, -0.1) is 0 Å². The highest BCUT2D eigenvalue weighted by atomic mass is 16.5. The van der Waals surface area contributed by atoms with Crippen molar-refractivity contribution >= 4 is 11.6 Å². The number of carbonyl (C=O) groups excluding carboxylic acids is 1. The van der Waals surface area contributed by atoms with Crippen molar-refractivity contribution in [2.24, 2.45) is 0 Å². The second-order valence-electron chi connectivity index (χ2n) is 3.70. The van der Waals surface area contributed by atoms with Crippen LogP contribution in [-0.2, 0) is 4.79 Å². The molecule has 1 aliphatic heterocycles. The summed E-state index contributed by atoms with van der Waals surface area (Å²) < 4.78 is 5.06. The molecular weight excluding hydrogens is 206 g/mol. The number of carbonyl (C=O) groups is 1. The van der Waals surface area contributed by atoms with E-state index in [1.54, 1.807) is 18.3 Å². The van der Waals surface area contributed by atoms with Crippen LogP contribution < -0.4 is 15.4 Å². The average molecular weight is 221 g/mol. The zero-order chi connectivity index (χ0) is 11.4. The van der Waals surface area contributed by atoms with Gasteiger partial charge in [0, 0.05) is 6.20 Å². The smallest absolute Gasteiger partial charge is 0.241 e. The first kappa shape index (κ1) is 10.9. The summed E-state index contributed by atoms with van der Waals surface area (Å²) in [5, 5.41) is 5.96. The fourth-order valence-corrected chi connectivity index (χ4v) is 1.78. The molecule has 0 unspecified atom stereocenters. The van der Waals surface area contributed by atoms with Gasteiger partial charge in [0.1, 0.15) is 5.69 Å². The van der Waals surface area contributed by atoms with Crippen molar-refractivity contribution in [3.05, 3.63) is 18.3 Å². The third kappa shape index (κ3) is 2.30. The Kier molecular flexibility index (Phi) is 3.36. The number of anilines is 1. The number of pyridine rings is 1. The van der Waals surface area contributed by atoms with E-state index in [0.717, 1.165) is 19.4 Å². The van der Waals surface area contributed by atoms with Gasteiger partial charge >= 0.3 is 0 Å². The van der Waals surface area contributed by atoms with Crippen molar-refractivity contribution in [3.63, 3.8) is 0 Å². The normalized spacial score (nSPS) is 19.4. The summed E-state index contributed by atoms with van der Waals surface area (Å²) in [5.41, 5.74) is 0.615. The van der Waals surface area contributed by atoms with Gasteiger partial charge in [-0.3, -0.25) is 4.79 Å². The van der Waals surface area contributed by atoms with Gasteiger partial charge in [-0.25, -0.2) is 4.98 Å². The van der Waals surface area contributed by atoms with E-state index >= 15 is 0 Å². The molecule has 1 aromatic heterocycles. The molecule has 0 aliphatic carbocycles. The summed E-state index contributed by atoms with van der Waals surface area (Å²) in [7, 11) is 1.53. The average Bonchev–Trinajstić information content (AvgIpc) is 2.83. The van der Waals surface area contributed by atoms with Crippen LogP contribution in [0, 0.1) is 0 Å². The first-order valence-electron chi connectivity index (χ1n) is 5.34. The Hall–Kier alpha value is -1.62. The molecule has 2 N–H and O–H groups in total. The fraction of sp³-hybridized carbons (Fsp3) is 0.455. The van der Waals surface area contributed by atoms with Crippen LogP contribution >= 0.6 is 0 Å². The number of nitrogens with one attached hydrogen (secondary N) is 2. The molecule has 1 saturated heterocycles. The van der Waals surface area contributed by atoms with E-state index in [1.165, 1.54) is 7.11 Å². The van der Waals surface area contributed by atoms with Crippen LogP contribution in [0.3, 0.4) is 0 Å². The minimum Gasteiger partial charge on any atom is -0.480 e. The largest absolute Gasteiger partial charge is 0.480 e. The van der Waals surface area contributed by atoms with Crippen molar-refractivity contribution < 1.29 is 9.53 Å². The minimum absolute atomic E-state index is 0.0243. The Bertz CT molecular complexity index is 375. The predicted molar refractivity (Wildman–Crippen MR) is 60.4 cm³/mol. The molecule has 0 radical (unpaired) electrons. The van der Waals surface area contributed by atoms with Crippen molar-refractivity contribution in [1.29, 1.82) is 0 Å². The van der Waals surface area contributed by atoms with E-state index in [4.69, 9.17) is 4.74 Å². The van der Waals surface area contributed by atoms with E-state index in [9.17, 15) is 4.79 Å². The third-order valence-electron chi connectivity index (χ3n) is 2.60. The first-order chi connectivity index (χ1) is 7.81. The van der Waals surface area contributed by atoms with E-state index in [1.807, 2.05) is 0 Å². The second-order valence-corrected chi connectivity index (χ2v) is 3.70. The number of amides is 1. The van der Waals surface area contributed by atoms with Gasteiger partial charge in [0.25, 0.3) is 0 Å². The van der Waals surface area contributed by atoms with Crippen LogP contribution in [0.4, 0.5) is 5.69 Å². The molecule has 5 heteroatoms. The molecular formula is C11H15N3O2. The first-order valence-corrected chi connectivity index (χ1v) is 5.34. The second kappa shape index (κ2) is 4.94. The molecule has 0 saturated carbocycles. The lowest BCUT2D eigenvalue weighted by Gasteiger charge is -2.12. The molecule has 2 heterocycles. The maximum Gasteiger partial charge on any atom is 0.241 e. The number of ether oxygens (including phenoxy) is 1. The Labute approximate surface area is 94.2 Å². The van der Waals surface area contributed by atoms with E-state index in [-0.39, 0.29) is 11.9 Å². The van der Waals surface area contributed by atoms with Gasteiger partial charge in [0.2, 0.25) is 11.8 Å². The highest BCUT2D eigenvalue weighted by Crippen LogP contribution is 2.20. The number of hydrogen-bond acceptors (Lipinski definition) is 4. The Morgan fingerprint density at radius 1 is 1.69 bits per heavy atom. The number of hydrogen-bond donors (Lipinski definition) is 2. The molecule has 1 aliphatic rings. The maximum absolute atomic E-state index is 11.8. The number of methoxy groups -OCH3 is 1. The fourth-order valence-electron chi connectivity index (χ4n) is 1.78. The van der Waals surface area contributed by atoms with Crippen LogP contribution in [0.1, 0.15) is 12.8 Å². The highest BCUT2D eigenvalue weighted by Gasteiger charge is 2.22. The summed E-state index contributed by atoms with van der Waals surface area (Å²) in [4.78, 5) is 15.8. The van der Waals surface area contributed by atoms with Gasteiger partial charge < -0.3 is 15.4 Å². The SMILES string of the molecule is COc1ncccc1NC(=O)[C@@H]1CCCN1. The zero-order valence-electron chi connectivity index (χ0n) is 9.19. The van der Waals surface area contributed by atoms with E-state index in [0.29, 0.717) is 11.6 Å². The predicted octanol–water partition coefficient (Wildman–Crippen LogP) is 0.781. The van der Waals surface area contributed by atoms with E-state index in [2.05, 4.69) is 15.6 Å². The maximum atomic E-state index is 11.8. The number of aromatic nitrogens is 1. The van der Waals surface area contributed by atoms with Gasteiger partial charge in [-0.05, 0) is 31.5 Å². The number of rotatable bonds is 3. The molecule has 5 nitrogen and oxygen atoms in total. The van der Waals surface area contributed by atoms with Gasteiger partial charge in [0.15, 0.2) is 0 Å². The Balaban J connectivity index is 2.05. The summed E-state index contributed by atoms with van der Waals surface area (Å²) in [6.45, 7) is 0.905. The van der Waals surface area contributed by atoms with Crippen LogP contribution in [0.5, 0.6) is 5.88 Å². The molecule has 16 heavy (non-hydrogen) atoms. The minimum atomic E-state index is -0.0927. The molecule has 0 bridgehead atoms. The topological polar surface area (TPSA) is 63.2 Å². The summed E-state index contributed by atoms with van der Waals surface area (Å²) in [6, 6.07) is 3.45. The van der Waals surface area contributed by atoms with Crippen molar-refractivity contribution in [2.45, 2.75) is 18.9 Å². The number of nitrogens with zero attached hydrogens (tertiary/aromatic N) is 1. The molecule has 0 aromatic carbocycles. The van der Waals surface area contributed by atoms with Crippen LogP contribution in [0.15, 0.2) is 18.3 Å². The lowest BCUT2D eigenvalue weighted by atomic mass is 10.2. The molecule has 86 valence electrons. The lowest BCUT2D eigenvalue weighted by molar-refractivity contribution is -0.117. The summed E-state index contributed by atoms with van der Waals surface area (Å²) >= 11 is 0. The molecule has 2 rings (SSSR count). The molecule has 1 aromatic rings. The van der Waals surface area contributed by atoms with Crippen molar-refractivity contribution in [1.82, 2.24) is 10.3 Å². The highest BCUT2D eigenvalue weighted by molar-refractivity contribution is 5.95. The molecule has 1 fully saturated rings. The molecule has 1 atom stereocenters. The quantitative estimate of drug-likeness (QED) is 0.791.